The maximum Gasteiger partial charge on any atom is 0.250 e. The van der Waals surface area contributed by atoms with Gasteiger partial charge >= 0.3 is 0 Å². The van der Waals surface area contributed by atoms with E-state index in [1.807, 2.05) is 19.1 Å². The molecule has 0 bridgehead atoms. The van der Waals surface area contributed by atoms with Gasteiger partial charge in [0.2, 0.25) is 5.91 Å². The number of anilines is 2. The molecular weight excluding hydrogens is 216 g/mol. The Bertz CT molecular complexity index is 519. The predicted octanol–water partition coefficient (Wildman–Crippen LogP) is 1.63. The van der Waals surface area contributed by atoms with Crippen molar-refractivity contribution in [2.45, 2.75) is 6.92 Å². The maximum atomic E-state index is 10.9. The first-order valence-electron chi connectivity index (χ1n) is 5.11. The number of nitrogens with zero attached hydrogens (tertiary/aromatic N) is 2. The van der Waals surface area contributed by atoms with E-state index in [0.29, 0.717) is 17.2 Å². The third kappa shape index (κ3) is 2.78. The molecule has 2 aromatic heterocycles. The van der Waals surface area contributed by atoms with Crippen LogP contribution in [-0.2, 0) is 0 Å². The van der Waals surface area contributed by atoms with E-state index in [-0.39, 0.29) is 0 Å². The highest BCUT2D eigenvalue weighted by Gasteiger charge is 2.01. The van der Waals surface area contributed by atoms with Crippen molar-refractivity contribution in [3.05, 3.63) is 47.8 Å². The van der Waals surface area contributed by atoms with Gasteiger partial charge < -0.3 is 11.1 Å². The molecule has 3 N–H and O–H groups in total. The maximum absolute atomic E-state index is 10.9. The number of aryl methyl sites for hydroxylation is 1. The molecule has 0 aromatic carbocycles. The lowest BCUT2D eigenvalue weighted by molar-refractivity contribution is 0.1000. The molecule has 5 nitrogen and oxygen atoms in total. The summed E-state index contributed by atoms with van der Waals surface area (Å²) >= 11 is 0. The Morgan fingerprint density at radius 1 is 1.12 bits per heavy atom. The van der Waals surface area contributed by atoms with E-state index in [0.717, 1.165) is 5.56 Å². The van der Waals surface area contributed by atoms with Crippen LogP contribution in [0.5, 0.6) is 0 Å². The number of pyridine rings is 2. The van der Waals surface area contributed by atoms with Crippen LogP contribution in [0.3, 0.4) is 0 Å². The molecule has 0 aliphatic carbocycles. The third-order valence-corrected chi connectivity index (χ3v) is 2.22. The lowest BCUT2D eigenvalue weighted by atomic mass is 10.3. The van der Waals surface area contributed by atoms with Crippen LogP contribution in [0.2, 0.25) is 0 Å². The van der Waals surface area contributed by atoms with E-state index < -0.39 is 5.91 Å². The molecule has 17 heavy (non-hydrogen) atoms. The van der Waals surface area contributed by atoms with E-state index in [4.69, 9.17) is 5.73 Å². The summed E-state index contributed by atoms with van der Waals surface area (Å²) in [4.78, 5) is 19.1. The minimum Gasteiger partial charge on any atom is -0.366 e. The quantitative estimate of drug-likeness (QED) is 0.836. The van der Waals surface area contributed by atoms with Gasteiger partial charge in [0, 0.05) is 12.4 Å². The minimum atomic E-state index is -0.488. The van der Waals surface area contributed by atoms with Gasteiger partial charge in [-0.15, -0.1) is 0 Å². The highest BCUT2D eigenvalue weighted by Crippen LogP contribution is 2.12. The SMILES string of the molecule is Cc1ccc(Nc2ccc(C(N)=O)cn2)nc1. The van der Waals surface area contributed by atoms with Crippen molar-refractivity contribution in [2.75, 3.05) is 5.32 Å². The molecule has 0 aliphatic rings. The van der Waals surface area contributed by atoms with Crippen molar-refractivity contribution >= 4 is 17.5 Å². The van der Waals surface area contributed by atoms with Crippen molar-refractivity contribution in [1.82, 2.24) is 9.97 Å². The third-order valence-electron chi connectivity index (χ3n) is 2.22. The Hall–Kier alpha value is -2.43. The number of hydrogen-bond donors (Lipinski definition) is 2. The van der Waals surface area contributed by atoms with Crippen LogP contribution in [0.4, 0.5) is 11.6 Å². The molecule has 0 saturated carbocycles. The second kappa shape index (κ2) is 4.61. The smallest absolute Gasteiger partial charge is 0.250 e. The standard InChI is InChI=1S/C12H12N4O/c1-8-2-4-10(14-6-8)16-11-5-3-9(7-15-11)12(13)17/h2-7H,1H3,(H2,13,17)(H,14,15,16). The second-order valence-electron chi connectivity index (χ2n) is 3.64. The summed E-state index contributed by atoms with van der Waals surface area (Å²) in [6.07, 6.45) is 3.19. The molecule has 86 valence electrons. The Kier molecular flexibility index (Phi) is 3.00. The van der Waals surface area contributed by atoms with Crippen LogP contribution in [0.1, 0.15) is 15.9 Å². The fourth-order valence-corrected chi connectivity index (χ4v) is 1.29. The Labute approximate surface area is 98.7 Å². The minimum absolute atomic E-state index is 0.382. The first kappa shape index (κ1) is 11.1. The summed E-state index contributed by atoms with van der Waals surface area (Å²) in [5.41, 5.74) is 6.59. The van der Waals surface area contributed by atoms with Crippen molar-refractivity contribution in [1.29, 1.82) is 0 Å². The van der Waals surface area contributed by atoms with Crippen molar-refractivity contribution < 1.29 is 4.79 Å². The van der Waals surface area contributed by atoms with Gasteiger partial charge in [0.05, 0.1) is 5.56 Å². The number of carbonyl (C=O) groups excluding carboxylic acids is 1. The Balaban J connectivity index is 2.13. The van der Waals surface area contributed by atoms with Crippen LogP contribution in [0, 0.1) is 6.92 Å². The first-order valence-corrected chi connectivity index (χ1v) is 5.11. The average Bonchev–Trinajstić information content (AvgIpc) is 2.33. The molecule has 2 heterocycles. The summed E-state index contributed by atoms with van der Waals surface area (Å²) in [6, 6.07) is 7.11. The lowest BCUT2D eigenvalue weighted by Gasteiger charge is -2.04. The molecule has 0 unspecified atom stereocenters. The zero-order chi connectivity index (χ0) is 12.3. The predicted molar refractivity (Wildman–Crippen MR) is 65.0 cm³/mol. The van der Waals surface area contributed by atoms with Gasteiger partial charge in [-0.25, -0.2) is 9.97 Å². The Morgan fingerprint density at radius 3 is 2.24 bits per heavy atom. The Morgan fingerprint density at radius 2 is 1.76 bits per heavy atom. The van der Waals surface area contributed by atoms with Gasteiger partial charge in [-0.2, -0.15) is 0 Å². The highest BCUT2D eigenvalue weighted by molar-refractivity contribution is 5.92. The molecule has 0 aliphatic heterocycles. The molecule has 0 atom stereocenters. The molecule has 2 aromatic rings. The molecular formula is C12H12N4O. The number of nitrogens with two attached hydrogens (primary N) is 1. The van der Waals surface area contributed by atoms with Crippen LogP contribution < -0.4 is 11.1 Å². The van der Waals surface area contributed by atoms with Crippen LogP contribution in [0.25, 0.3) is 0 Å². The van der Waals surface area contributed by atoms with Gasteiger partial charge in [-0.05, 0) is 30.7 Å². The summed E-state index contributed by atoms with van der Waals surface area (Å²) < 4.78 is 0. The number of aromatic nitrogens is 2. The number of amides is 1. The lowest BCUT2D eigenvalue weighted by Crippen LogP contribution is -2.11. The largest absolute Gasteiger partial charge is 0.366 e. The monoisotopic (exact) mass is 228 g/mol. The average molecular weight is 228 g/mol. The van der Waals surface area contributed by atoms with Crippen LogP contribution in [0.15, 0.2) is 36.7 Å². The molecule has 0 fully saturated rings. The highest BCUT2D eigenvalue weighted by atomic mass is 16.1. The van der Waals surface area contributed by atoms with Crippen LogP contribution >= 0.6 is 0 Å². The van der Waals surface area contributed by atoms with E-state index >= 15 is 0 Å². The normalized spacial score (nSPS) is 9.94. The van der Waals surface area contributed by atoms with Crippen LogP contribution in [-0.4, -0.2) is 15.9 Å². The molecule has 0 radical (unpaired) electrons. The van der Waals surface area contributed by atoms with Crippen molar-refractivity contribution in [3.63, 3.8) is 0 Å². The van der Waals surface area contributed by atoms with Crippen molar-refractivity contribution in [3.8, 4) is 0 Å². The van der Waals surface area contributed by atoms with Crippen molar-refractivity contribution in [2.24, 2.45) is 5.73 Å². The number of carbonyl (C=O) groups is 1. The fraction of sp³-hybridized carbons (Fsp3) is 0.0833. The summed E-state index contributed by atoms with van der Waals surface area (Å²) in [6.45, 7) is 1.97. The fourth-order valence-electron chi connectivity index (χ4n) is 1.29. The number of primary amides is 1. The summed E-state index contributed by atoms with van der Waals surface area (Å²) in [5.74, 6) is 0.832. The zero-order valence-corrected chi connectivity index (χ0v) is 9.34. The van der Waals surface area contributed by atoms with E-state index in [1.54, 1.807) is 18.3 Å². The topological polar surface area (TPSA) is 80.9 Å². The number of hydrogen-bond acceptors (Lipinski definition) is 4. The van der Waals surface area contributed by atoms with Gasteiger partial charge in [0.25, 0.3) is 0 Å². The molecule has 1 amide bonds. The van der Waals surface area contributed by atoms with E-state index in [2.05, 4.69) is 15.3 Å². The number of nitrogens with one attached hydrogen (secondary N) is 1. The zero-order valence-electron chi connectivity index (χ0n) is 9.34. The molecule has 2 rings (SSSR count). The summed E-state index contributed by atoms with van der Waals surface area (Å²) in [5, 5.41) is 3.02. The van der Waals surface area contributed by atoms with Gasteiger partial charge in [-0.1, -0.05) is 6.07 Å². The number of rotatable bonds is 3. The van der Waals surface area contributed by atoms with E-state index in [9.17, 15) is 4.79 Å². The molecule has 0 saturated heterocycles. The summed E-state index contributed by atoms with van der Waals surface area (Å²) in [7, 11) is 0. The first-order chi connectivity index (χ1) is 8.15. The van der Waals surface area contributed by atoms with E-state index in [1.165, 1.54) is 6.20 Å². The second-order valence-corrected chi connectivity index (χ2v) is 3.64. The van der Waals surface area contributed by atoms with Gasteiger partial charge in [-0.3, -0.25) is 4.79 Å². The van der Waals surface area contributed by atoms with Gasteiger partial charge in [0.15, 0.2) is 0 Å². The van der Waals surface area contributed by atoms with Gasteiger partial charge in [0.1, 0.15) is 11.6 Å². The molecule has 5 heteroatoms. The molecule has 0 spiro atoms.